The lowest BCUT2D eigenvalue weighted by molar-refractivity contribution is 0.392. The lowest BCUT2D eigenvalue weighted by atomic mass is 9.84. The van der Waals surface area contributed by atoms with Crippen molar-refractivity contribution < 1.29 is 9.47 Å². The van der Waals surface area contributed by atoms with Crippen molar-refractivity contribution in [2.75, 3.05) is 32.6 Å². The Morgan fingerprint density at radius 1 is 1.07 bits per heavy atom. The van der Waals surface area contributed by atoms with Crippen molar-refractivity contribution in [1.29, 1.82) is 0 Å². The number of halogens is 3. The summed E-state index contributed by atoms with van der Waals surface area (Å²) in [6.45, 7) is 2.31. The van der Waals surface area contributed by atoms with Crippen LogP contribution in [-0.4, -0.2) is 38.7 Å². The third kappa shape index (κ3) is 3.78. The normalized spacial score (nSPS) is 17.0. The Hall–Kier alpha value is -1.86. The van der Waals surface area contributed by atoms with Gasteiger partial charge in [0.1, 0.15) is 27.3 Å². The lowest BCUT2D eigenvalue weighted by Crippen LogP contribution is -2.58. The van der Waals surface area contributed by atoms with Crippen LogP contribution in [0.25, 0.3) is 0 Å². The third-order valence-electron chi connectivity index (χ3n) is 5.53. The van der Waals surface area contributed by atoms with Crippen LogP contribution in [0.5, 0.6) is 11.5 Å². The van der Waals surface area contributed by atoms with Crippen molar-refractivity contribution in [3.63, 3.8) is 0 Å². The first kappa shape index (κ1) is 21.4. The van der Waals surface area contributed by atoms with Crippen LogP contribution in [0.2, 0.25) is 15.1 Å². The number of piperidine rings is 1. The van der Waals surface area contributed by atoms with Crippen LogP contribution in [0, 0.1) is 0 Å². The molecule has 2 aliphatic heterocycles. The van der Waals surface area contributed by atoms with Crippen LogP contribution in [-0.2, 0) is 6.54 Å². The summed E-state index contributed by atoms with van der Waals surface area (Å²) in [4.78, 5) is 4.98. The van der Waals surface area contributed by atoms with E-state index in [1.54, 1.807) is 14.2 Å². The number of hydrogen-bond donors (Lipinski definition) is 3. The van der Waals surface area contributed by atoms with Crippen LogP contribution in [0.3, 0.4) is 0 Å². The van der Waals surface area contributed by atoms with Gasteiger partial charge in [-0.1, -0.05) is 46.9 Å². The molecular weight excluding hydrogens is 447 g/mol. The SMILES string of the molecule is COc1c(Cl)c(Cl)c(OC)c2c1N=C(NCc1cccc(Cl)c1)C1(CCNCC1)N2. The molecule has 0 unspecified atom stereocenters. The van der Waals surface area contributed by atoms with Gasteiger partial charge in [0.15, 0.2) is 11.5 Å². The Bertz CT molecular complexity index is 991. The highest BCUT2D eigenvalue weighted by Gasteiger charge is 2.43. The van der Waals surface area contributed by atoms with Crippen molar-refractivity contribution in [3.05, 3.63) is 44.9 Å². The van der Waals surface area contributed by atoms with E-state index in [0.29, 0.717) is 39.5 Å². The summed E-state index contributed by atoms with van der Waals surface area (Å²) in [6.07, 6.45) is 1.69. The zero-order valence-corrected chi connectivity index (χ0v) is 19.0. The van der Waals surface area contributed by atoms with Gasteiger partial charge in [0.25, 0.3) is 0 Å². The van der Waals surface area contributed by atoms with Gasteiger partial charge >= 0.3 is 0 Å². The monoisotopic (exact) mass is 468 g/mol. The molecule has 0 saturated carbocycles. The van der Waals surface area contributed by atoms with Gasteiger partial charge in [-0.3, -0.25) is 0 Å². The van der Waals surface area contributed by atoms with Crippen molar-refractivity contribution in [2.45, 2.75) is 24.9 Å². The highest BCUT2D eigenvalue weighted by molar-refractivity contribution is 6.45. The molecule has 0 radical (unpaired) electrons. The Morgan fingerprint density at radius 3 is 2.43 bits per heavy atom. The van der Waals surface area contributed by atoms with E-state index in [1.807, 2.05) is 24.3 Å². The number of anilines is 1. The summed E-state index contributed by atoms with van der Waals surface area (Å²) in [6, 6.07) is 7.76. The van der Waals surface area contributed by atoms with Crippen molar-refractivity contribution >= 4 is 52.0 Å². The maximum absolute atomic E-state index is 6.47. The fourth-order valence-corrected chi connectivity index (χ4v) is 4.73. The molecule has 2 heterocycles. The Morgan fingerprint density at radius 2 is 1.77 bits per heavy atom. The number of hydrogen-bond acceptors (Lipinski definition) is 6. The second kappa shape index (κ2) is 8.71. The summed E-state index contributed by atoms with van der Waals surface area (Å²) in [5.41, 5.74) is 1.95. The molecule has 30 heavy (non-hydrogen) atoms. The summed E-state index contributed by atoms with van der Waals surface area (Å²) in [5.74, 6) is 1.71. The second-order valence-corrected chi connectivity index (χ2v) is 8.51. The van der Waals surface area contributed by atoms with E-state index < -0.39 is 0 Å². The van der Waals surface area contributed by atoms with E-state index in [9.17, 15) is 0 Å². The predicted octanol–water partition coefficient (Wildman–Crippen LogP) is 5.03. The minimum atomic E-state index is -0.383. The van der Waals surface area contributed by atoms with Crippen molar-refractivity contribution in [2.24, 2.45) is 4.99 Å². The largest absolute Gasteiger partial charge is 0.493 e. The molecule has 160 valence electrons. The number of methoxy groups -OCH3 is 2. The van der Waals surface area contributed by atoms with Gasteiger partial charge in [0.2, 0.25) is 0 Å². The molecule has 2 aromatic carbocycles. The van der Waals surface area contributed by atoms with Crippen LogP contribution in [0.15, 0.2) is 29.3 Å². The molecule has 6 nitrogen and oxygen atoms in total. The standard InChI is InChI=1S/C21H23Cl3N4O2/c1-29-18-14(23)15(24)19(30-2)17-16(18)27-20(21(28-17)6-8-25-9-7-21)26-11-12-4-3-5-13(22)10-12/h3-5,10,25,28H,6-9,11H2,1-2H3,(H,26,27). The summed E-state index contributed by atoms with van der Waals surface area (Å²) < 4.78 is 11.1. The minimum absolute atomic E-state index is 0.274. The number of rotatable bonds is 4. The molecule has 0 bridgehead atoms. The zero-order chi connectivity index (χ0) is 21.3. The molecule has 1 spiro atoms. The zero-order valence-electron chi connectivity index (χ0n) is 16.7. The summed E-state index contributed by atoms with van der Waals surface area (Å²) in [5, 5.41) is 11.9. The minimum Gasteiger partial charge on any atom is -0.493 e. The van der Waals surface area contributed by atoms with E-state index in [0.717, 1.165) is 37.3 Å². The molecule has 0 amide bonds. The first-order valence-electron chi connectivity index (χ1n) is 9.68. The number of aliphatic imine (C=N–C) groups is 1. The number of amidine groups is 1. The van der Waals surface area contributed by atoms with Crippen molar-refractivity contribution in [1.82, 2.24) is 10.6 Å². The molecular formula is C21H23Cl3N4O2. The number of nitrogens with zero attached hydrogens (tertiary/aromatic N) is 1. The van der Waals surface area contributed by atoms with Gasteiger partial charge in [-0.15, -0.1) is 0 Å². The highest BCUT2D eigenvalue weighted by atomic mass is 35.5. The van der Waals surface area contributed by atoms with Gasteiger partial charge in [0.05, 0.1) is 19.8 Å². The molecule has 4 rings (SSSR count). The molecule has 0 aliphatic carbocycles. The number of benzene rings is 2. The van der Waals surface area contributed by atoms with Crippen LogP contribution in [0.4, 0.5) is 11.4 Å². The van der Waals surface area contributed by atoms with E-state index in [4.69, 9.17) is 49.3 Å². The van der Waals surface area contributed by atoms with E-state index in [2.05, 4.69) is 16.0 Å². The average molecular weight is 470 g/mol. The van der Waals surface area contributed by atoms with Crippen LogP contribution in [0.1, 0.15) is 18.4 Å². The van der Waals surface area contributed by atoms with Gasteiger partial charge in [0, 0.05) is 11.6 Å². The van der Waals surface area contributed by atoms with E-state index in [-0.39, 0.29) is 10.6 Å². The molecule has 2 aliphatic rings. The van der Waals surface area contributed by atoms with E-state index >= 15 is 0 Å². The molecule has 1 saturated heterocycles. The molecule has 9 heteroatoms. The fourth-order valence-electron chi connectivity index (χ4n) is 4.01. The summed E-state index contributed by atoms with van der Waals surface area (Å²) in [7, 11) is 3.12. The molecule has 3 N–H and O–H groups in total. The number of nitrogens with one attached hydrogen (secondary N) is 3. The van der Waals surface area contributed by atoms with Crippen LogP contribution < -0.4 is 25.4 Å². The quantitative estimate of drug-likeness (QED) is 0.586. The molecule has 2 aromatic rings. The molecule has 0 atom stereocenters. The molecule has 0 aromatic heterocycles. The molecule has 1 fully saturated rings. The van der Waals surface area contributed by atoms with Crippen molar-refractivity contribution in [3.8, 4) is 11.5 Å². The van der Waals surface area contributed by atoms with E-state index in [1.165, 1.54) is 0 Å². The van der Waals surface area contributed by atoms with Gasteiger partial charge in [-0.05, 0) is 43.6 Å². The number of ether oxygens (including phenoxy) is 2. The topological polar surface area (TPSA) is 66.9 Å². The summed E-state index contributed by atoms with van der Waals surface area (Å²) >= 11 is 19.1. The highest BCUT2D eigenvalue weighted by Crippen LogP contribution is 2.55. The smallest absolute Gasteiger partial charge is 0.167 e. The average Bonchev–Trinajstić information content (AvgIpc) is 2.75. The Kier molecular flexibility index (Phi) is 6.21. The van der Waals surface area contributed by atoms with Gasteiger partial charge in [-0.25, -0.2) is 4.99 Å². The second-order valence-electron chi connectivity index (χ2n) is 7.32. The number of fused-ring (bicyclic) bond motifs is 1. The first-order valence-corrected chi connectivity index (χ1v) is 10.8. The maximum Gasteiger partial charge on any atom is 0.167 e. The van der Waals surface area contributed by atoms with Gasteiger partial charge < -0.3 is 25.4 Å². The Balaban J connectivity index is 1.80. The van der Waals surface area contributed by atoms with Crippen LogP contribution >= 0.6 is 34.8 Å². The lowest BCUT2D eigenvalue weighted by Gasteiger charge is -2.43. The Labute approximate surface area is 190 Å². The first-order chi connectivity index (χ1) is 14.5. The predicted molar refractivity (Wildman–Crippen MR) is 123 cm³/mol. The third-order valence-corrected chi connectivity index (χ3v) is 6.58. The fraction of sp³-hybridized carbons (Fsp3) is 0.381. The van der Waals surface area contributed by atoms with Gasteiger partial charge in [-0.2, -0.15) is 0 Å². The maximum atomic E-state index is 6.47.